The molecule has 4 nitrogen and oxygen atoms in total. The van der Waals surface area contributed by atoms with Gasteiger partial charge in [-0.3, -0.25) is 9.59 Å². The van der Waals surface area contributed by atoms with E-state index in [0.29, 0.717) is 18.5 Å². The summed E-state index contributed by atoms with van der Waals surface area (Å²) in [4.78, 5) is 26.3. The van der Waals surface area contributed by atoms with Crippen LogP contribution in [0.1, 0.15) is 41.8 Å². The minimum atomic E-state index is -0.112. The van der Waals surface area contributed by atoms with Gasteiger partial charge >= 0.3 is 0 Å². The van der Waals surface area contributed by atoms with Crippen LogP contribution in [0.25, 0.3) is 0 Å². The molecule has 1 heterocycles. The molecule has 2 amide bonds. The van der Waals surface area contributed by atoms with Gasteiger partial charge in [-0.2, -0.15) is 0 Å². The normalized spacial score (nSPS) is 12.8. The van der Waals surface area contributed by atoms with Crippen LogP contribution in [0.2, 0.25) is 0 Å². The van der Waals surface area contributed by atoms with Gasteiger partial charge in [-0.05, 0) is 48.2 Å². The standard InChI is InChI=1S/C20H22N2O2/c1-3-14-7-5-6-8-17(14)21-20(24)16-9-10-18-15(13-16)11-12-22(18)19(23)4-2/h5-10,13H,3-4,11-12H2,1-2H3,(H,21,24). The molecule has 124 valence electrons. The van der Waals surface area contributed by atoms with Crippen molar-refractivity contribution in [3.05, 3.63) is 59.2 Å². The quantitative estimate of drug-likeness (QED) is 0.931. The van der Waals surface area contributed by atoms with E-state index in [1.807, 2.05) is 48.2 Å². The molecule has 3 rings (SSSR count). The molecule has 0 bridgehead atoms. The van der Waals surface area contributed by atoms with Gasteiger partial charge in [-0.15, -0.1) is 0 Å². The summed E-state index contributed by atoms with van der Waals surface area (Å²) in [5, 5.41) is 2.99. The Hall–Kier alpha value is -2.62. The summed E-state index contributed by atoms with van der Waals surface area (Å²) < 4.78 is 0. The van der Waals surface area contributed by atoms with E-state index in [2.05, 4.69) is 12.2 Å². The zero-order chi connectivity index (χ0) is 17.1. The Morgan fingerprint density at radius 1 is 1.12 bits per heavy atom. The smallest absolute Gasteiger partial charge is 0.255 e. The third-order valence-electron chi connectivity index (χ3n) is 4.49. The van der Waals surface area contributed by atoms with Crippen molar-refractivity contribution in [2.24, 2.45) is 0 Å². The molecule has 0 aliphatic carbocycles. The number of rotatable bonds is 4. The number of nitrogens with one attached hydrogen (secondary N) is 1. The maximum Gasteiger partial charge on any atom is 0.255 e. The van der Waals surface area contributed by atoms with Crippen LogP contribution < -0.4 is 10.2 Å². The van der Waals surface area contributed by atoms with Crippen LogP contribution in [0.4, 0.5) is 11.4 Å². The summed E-state index contributed by atoms with van der Waals surface area (Å²) in [6, 6.07) is 13.4. The van der Waals surface area contributed by atoms with Gasteiger partial charge < -0.3 is 10.2 Å². The summed E-state index contributed by atoms with van der Waals surface area (Å²) in [7, 11) is 0. The monoisotopic (exact) mass is 322 g/mol. The second kappa shape index (κ2) is 6.87. The molecule has 0 spiro atoms. The minimum Gasteiger partial charge on any atom is -0.322 e. The van der Waals surface area contributed by atoms with Crippen LogP contribution in [0.15, 0.2) is 42.5 Å². The van der Waals surface area contributed by atoms with E-state index in [9.17, 15) is 9.59 Å². The number of hydrogen-bond donors (Lipinski definition) is 1. The Balaban J connectivity index is 1.81. The molecular weight excluding hydrogens is 300 g/mol. The Kier molecular flexibility index (Phi) is 4.65. The fraction of sp³-hybridized carbons (Fsp3) is 0.300. The van der Waals surface area contributed by atoms with E-state index in [4.69, 9.17) is 0 Å². The second-order valence-electron chi connectivity index (χ2n) is 5.96. The lowest BCUT2D eigenvalue weighted by molar-refractivity contribution is -0.118. The van der Waals surface area contributed by atoms with Gasteiger partial charge in [-0.1, -0.05) is 32.0 Å². The van der Waals surface area contributed by atoms with E-state index in [0.717, 1.165) is 35.3 Å². The van der Waals surface area contributed by atoms with Gasteiger partial charge in [0.15, 0.2) is 0 Å². The van der Waals surface area contributed by atoms with E-state index < -0.39 is 0 Å². The van der Waals surface area contributed by atoms with E-state index in [1.54, 1.807) is 6.07 Å². The summed E-state index contributed by atoms with van der Waals surface area (Å²) in [6.07, 6.45) is 2.16. The van der Waals surface area contributed by atoms with Crippen LogP contribution in [0.5, 0.6) is 0 Å². The Morgan fingerprint density at radius 2 is 1.92 bits per heavy atom. The number of hydrogen-bond acceptors (Lipinski definition) is 2. The predicted octanol–water partition coefficient (Wildman–Crippen LogP) is 3.80. The van der Waals surface area contributed by atoms with Crippen LogP contribution in [-0.4, -0.2) is 18.4 Å². The molecule has 0 fully saturated rings. The van der Waals surface area contributed by atoms with Crippen molar-refractivity contribution in [2.75, 3.05) is 16.8 Å². The number of carbonyl (C=O) groups is 2. The molecule has 0 radical (unpaired) electrons. The molecule has 0 saturated carbocycles. The third-order valence-corrected chi connectivity index (χ3v) is 4.49. The topological polar surface area (TPSA) is 49.4 Å². The zero-order valence-electron chi connectivity index (χ0n) is 14.1. The van der Waals surface area contributed by atoms with E-state index in [-0.39, 0.29) is 11.8 Å². The second-order valence-corrected chi connectivity index (χ2v) is 5.96. The first-order valence-corrected chi connectivity index (χ1v) is 8.46. The molecule has 2 aromatic carbocycles. The lowest BCUT2D eigenvalue weighted by Crippen LogP contribution is -2.27. The third kappa shape index (κ3) is 3.04. The molecule has 0 unspecified atom stereocenters. The first-order valence-electron chi connectivity index (χ1n) is 8.46. The highest BCUT2D eigenvalue weighted by atomic mass is 16.2. The highest BCUT2D eigenvalue weighted by molar-refractivity contribution is 6.05. The lowest BCUT2D eigenvalue weighted by Gasteiger charge is -2.16. The van der Waals surface area contributed by atoms with Crippen LogP contribution in [0, 0.1) is 0 Å². The van der Waals surface area contributed by atoms with Crippen LogP contribution in [0.3, 0.4) is 0 Å². The Bertz CT molecular complexity index is 783. The molecule has 0 atom stereocenters. The largest absolute Gasteiger partial charge is 0.322 e. The number of aryl methyl sites for hydroxylation is 1. The maximum absolute atomic E-state index is 12.6. The van der Waals surface area contributed by atoms with Crippen molar-refractivity contribution in [2.45, 2.75) is 33.1 Å². The Labute approximate surface area is 142 Å². The summed E-state index contributed by atoms with van der Waals surface area (Å²) >= 11 is 0. The minimum absolute atomic E-state index is 0.112. The van der Waals surface area contributed by atoms with Crippen molar-refractivity contribution < 1.29 is 9.59 Å². The summed E-state index contributed by atoms with van der Waals surface area (Å²) in [6.45, 7) is 4.64. The zero-order valence-corrected chi connectivity index (χ0v) is 14.1. The van der Waals surface area contributed by atoms with Crippen molar-refractivity contribution in [1.82, 2.24) is 0 Å². The van der Waals surface area contributed by atoms with Gasteiger partial charge in [0.2, 0.25) is 5.91 Å². The van der Waals surface area contributed by atoms with Crippen LogP contribution >= 0.6 is 0 Å². The number of fused-ring (bicyclic) bond motifs is 1. The molecule has 0 saturated heterocycles. The van der Waals surface area contributed by atoms with E-state index in [1.165, 1.54) is 0 Å². The number of anilines is 2. The summed E-state index contributed by atoms with van der Waals surface area (Å²) in [5.41, 5.74) is 4.60. The molecule has 24 heavy (non-hydrogen) atoms. The van der Waals surface area contributed by atoms with Crippen molar-refractivity contribution >= 4 is 23.2 Å². The van der Waals surface area contributed by atoms with Crippen LogP contribution in [-0.2, 0) is 17.6 Å². The van der Waals surface area contributed by atoms with Gasteiger partial charge in [0, 0.05) is 29.9 Å². The van der Waals surface area contributed by atoms with Gasteiger partial charge in [-0.25, -0.2) is 0 Å². The molecule has 2 aromatic rings. The molecule has 4 heteroatoms. The van der Waals surface area contributed by atoms with Crippen molar-refractivity contribution in [1.29, 1.82) is 0 Å². The molecule has 1 aliphatic rings. The molecule has 1 N–H and O–H groups in total. The Morgan fingerprint density at radius 3 is 2.67 bits per heavy atom. The van der Waals surface area contributed by atoms with Gasteiger partial charge in [0.05, 0.1) is 0 Å². The van der Waals surface area contributed by atoms with Crippen molar-refractivity contribution in [3.8, 4) is 0 Å². The fourth-order valence-electron chi connectivity index (χ4n) is 3.14. The van der Waals surface area contributed by atoms with E-state index >= 15 is 0 Å². The average molecular weight is 322 g/mol. The maximum atomic E-state index is 12.6. The SMILES string of the molecule is CCC(=O)N1CCc2cc(C(=O)Nc3ccccc3CC)ccc21. The highest BCUT2D eigenvalue weighted by Crippen LogP contribution is 2.29. The first kappa shape index (κ1) is 16.2. The molecule has 0 aromatic heterocycles. The highest BCUT2D eigenvalue weighted by Gasteiger charge is 2.24. The van der Waals surface area contributed by atoms with Crippen molar-refractivity contribution in [3.63, 3.8) is 0 Å². The average Bonchev–Trinajstić information content (AvgIpc) is 3.04. The number of benzene rings is 2. The number of amides is 2. The fourth-order valence-corrected chi connectivity index (χ4v) is 3.14. The number of para-hydroxylation sites is 1. The predicted molar refractivity (Wildman–Crippen MR) is 96.6 cm³/mol. The van der Waals surface area contributed by atoms with Gasteiger partial charge in [0.25, 0.3) is 5.91 Å². The molecular formula is C20H22N2O2. The number of carbonyl (C=O) groups excluding carboxylic acids is 2. The first-order chi connectivity index (χ1) is 11.6. The molecule has 1 aliphatic heterocycles. The van der Waals surface area contributed by atoms with Gasteiger partial charge in [0.1, 0.15) is 0 Å². The number of nitrogens with zero attached hydrogens (tertiary/aromatic N) is 1. The lowest BCUT2D eigenvalue weighted by atomic mass is 10.1. The summed E-state index contributed by atoms with van der Waals surface area (Å²) in [5.74, 6) is 0.0155.